The summed E-state index contributed by atoms with van der Waals surface area (Å²) in [6.45, 7) is 4.26. The van der Waals surface area contributed by atoms with Gasteiger partial charge in [-0.25, -0.2) is 0 Å². The second-order valence-electron chi connectivity index (χ2n) is 2.78. The van der Waals surface area contributed by atoms with E-state index in [2.05, 4.69) is 35.2 Å². The van der Waals surface area contributed by atoms with E-state index in [1.807, 2.05) is 6.07 Å². The van der Waals surface area contributed by atoms with Gasteiger partial charge in [-0.05, 0) is 33.3 Å². The Labute approximate surface area is 84.7 Å². The summed E-state index contributed by atoms with van der Waals surface area (Å²) < 4.78 is 1.14. The van der Waals surface area contributed by atoms with E-state index < -0.39 is 0 Å². The molecular weight excluding hydrogens is 244 g/mol. The van der Waals surface area contributed by atoms with Crippen LogP contribution in [-0.4, -0.2) is 0 Å². The van der Waals surface area contributed by atoms with Crippen molar-refractivity contribution in [1.29, 1.82) is 0 Å². The molecule has 3 heteroatoms. The molecule has 1 rings (SSSR count). The van der Waals surface area contributed by atoms with Crippen molar-refractivity contribution in [1.82, 2.24) is 0 Å². The predicted molar refractivity (Wildman–Crippen MR) is 55.5 cm³/mol. The molecule has 1 aromatic rings. The Morgan fingerprint density at radius 3 is 2.55 bits per heavy atom. The Morgan fingerprint density at radius 2 is 2.18 bits per heavy atom. The lowest BCUT2D eigenvalue weighted by atomic mass is 10.1. The van der Waals surface area contributed by atoms with Gasteiger partial charge in [0.25, 0.3) is 0 Å². The second-order valence-corrected chi connectivity index (χ2v) is 5.05. The third-order valence-electron chi connectivity index (χ3n) is 1.48. The van der Waals surface area contributed by atoms with Gasteiger partial charge < -0.3 is 0 Å². The normalized spacial score (nSPS) is 13.9. The highest BCUT2D eigenvalue weighted by Crippen LogP contribution is 2.37. The Bertz CT molecular complexity index is 232. The molecule has 0 nitrogen and oxygen atoms in total. The van der Waals surface area contributed by atoms with Crippen LogP contribution in [-0.2, 0) is 0 Å². The fourth-order valence-electron chi connectivity index (χ4n) is 0.805. The van der Waals surface area contributed by atoms with Crippen molar-refractivity contribution in [3.8, 4) is 0 Å². The first-order chi connectivity index (χ1) is 5.13. The van der Waals surface area contributed by atoms with Gasteiger partial charge >= 0.3 is 0 Å². The topological polar surface area (TPSA) is 0 Å². The molecule has 0 saturated carbocycles. The highest BCUT2D eigenvalue weighted by molar-refractivity contribution is 9.10. The monoisotopic (exact) mass is 252 g/mol. The van der Waals surface area contributed by atoms with Gasteiger partial charge in [0.15, 0.2) is 0 Å². The van der Waals surface area contributed by atoms with E-state index in [1.54, 1.807) is 11.3 Å². The molecule has 62 valence electrons. The van der Waals surface area contributed by atoms with Crippen molar-refractivity contribution in [2.75, 3.05) is 0 Å². The van der Waals surface area contributed by atoms with Crippen LogP contribution in [0, 0.1) is 5.92 Å². The van der Waals surface area contributed by atoms with Crippen LogP contribution in [0.25, 0.3) is 0 Å². The Kier molecular flexibility index (Phi) is 3.41. The zero-order valence-corrected chi connectivity index (χ0v) is 9.63. The summed E-state index contributed by atoms with van der Waals surface area (Å²) in [4.78, 5) is 1.24. The molecule has 0 bridgehead atoms. The molecule has 1 aromatic heterocycles. The number of hydrogen-bond acceptors (Lipinski definition) is 1. The lowest BCUT2D eigenvalue weighted by Crippen LogP contribution is -1.96. The van der Waals surface area contributed by atoms with E-state index in [1.165, 1.54) is 4.88 Å². The van der Waals surface area contributed by atoms with Crippen LogP contribution in [0.15, 0.2) is 15.9 Å². The molecule has 0 aliphatic rings. The number of hydrogen-bond donors (Lipinski definition) is 0. The maximum atomic E-state index is 6.17. The Hall–Kier alpha value is 0.470. The molecule has 1 atom stereocenters. The van der Waals surface area contributed by atoms with Gasteiger partial charge in [-0.3, -0.25) is 0 Å². The molecular formula is C8H10BrClS. The zero-order valence-electron chi connectivity index (χ0n) is 6.47. The first kappa shape index (κ1) is 9.56. The third-order valence-corrected chi connectivity index (χ3v) is 4.29. The average Bonchev–Trinajstić information content (AvgIpc) is 2.33. The smallest absolute Gasteiger partial charge is 0.0712 e. The number of halogens is 2. The maximum Gasteiger partial charge on any atom is 0.0712 e. The van der Waals surface area contributed by atoms with E-state index in [4.69, 9.17) is 11.6 Å². The number of thiophene rings is 1. The number of rotatable bonds is 2. The van der Waals surface area contributed by atoms with E-state index in [-0.39, 0.29) is 5.38 Å². The quantitative estimate of drug-likeness (QED) is 0.683. The average molecular weight is 254 g/mol. The summed E-state index contributed by atoms with van der Waals surface area (Å²) in [5, 5.41) is 2.20. The van der Waals surface area contributed by atoms with Gasteiger partial charge in [0.05, 0.1) is 5.38 Å². The third kappa shape index (κ3) is 2.20. The fraction of sp³-hybridized carbons (Fsp3) is 0.500. The Balaban J connectivity index is 2.84. The van der Waals surface area contributed by atoms with Gasteiger partial charge in [0, 0.05) is 9.35 Å². The lowest BCUT2D eigenvalue weighted by Gasteiger charge is -2.11. The molecule has 11 heavy (non-hydrogen) atoms. The molecule has 0 N–H and O–H groups in total. The largest absolute Gasteiger partial charge is 0.146 e. The highest BCUT2D eigenvalue weighted by Gasteiger charge is 2.15. The van der Waals surface area contributed by atoms with E-state index in [9.17, 15) is 0 Å². The van der Waals surface area contributed by atoms with Gasteiger partial charge in [-0.15, -0.1) is 22.9 Å². The van der Waals surface area contributed by atoms with Crippen LogP contribution >= 0.6 is 38.9 Å². The molecule has 0 spiro atoms. The maximum absolute atomic E-state index is 6.17. The second kappa shape index (κ2) is 3.92. The van der Waals surface area contributed by atoms with Crippen LogP contribution in [0.4, 0.5) is 0 Å². The summed E-state index contributed by atoms with van der Waals surface area (Å²) in [5.41, 5.74) is 0. The van der Waals surface area contributed by atoms with E-state index in [0.717, 1.165) is 4.47 Å². The van der Waals surface area contributed by atoms with Crippen LogP contribution in [0.3, 0.4) is 0 Å². The predicted octanol–water partition coefficient (Wildman–Crippen LogP) is 4.45. The summed E-state index contributed by atoms with van der Waals surface area (Å²) in [5.74, 6) is 0.492. The minimum atomic E-state index is 0.143. The van der Waals surface area contributed by atoms with Crippen LogP contribution in [0.1, 0.15) is 24.1 Å². The van der Waals surface area contributed by atoms with Gasteiger partial charge in [0.2, 0.25) is 0 Å². The molecule has 0 aliphatic heterocycles. The summed E-state index contributed by atoms with van der Waals surface area (Å²) in [6, 6.07) is 2.04. The molecule has 1 unspecified atom stereocenters. The van der Waals surface area contributed by atoms with Crippen molar-refractivity contribution in [3.05, 3.63) is 20.8 Å². The summed E-state index contributed by atoms with van der Waals surface area (Å²) >= 11 is 11.3. The molecule has 0 fully saturated rings. The Morgan fingerprint density at radius 1 is 1.55 bits per heavy atom. The first-order valence-corrected chi connectivity index (χ1v) is 5.60. The standard InChI is InChI=1S/C8H10BrClS/c1-5(2)7(10)8-6(9)3-4-11-8/h3-5,7H,1-2H3. The van der Waals surface area contributed by atoms with Gasteiger partial charge in [-0.2, -0.15) is 0 Å². The molecule has 0 aromatic carbocycles. The molecule has 0 aliphatic carbocycles. The van der Waals surface area contributed by atoms with Crippen molar-refractivity contribution in [2.24, 2.45) is 5.92 Å². The van der Waals surface area contributed by atoms with Gasteiger partial charge in [0.1, 0.15) is 0 Å². The molecule has 0 saturated heterocycles. The number of alkyl halides is 1. The SMILES string of the molecule is CC(C)C(Cl)c1sccc1Br. The highest BCUT2D eigenvalue weighted by atomic mass is 79.9. The summed E-state index contributed by atoms with van der Waals surface area (Å²) in [6.07, 6.45) is 0. The fourth-order valence-corrected chi connectivity index (χ4v) is 2.98. The minimum absolute atomic E-state index is 0.143. The molecule has 1 heterocycles. The van der Waals surface area contributed by atoms with Gasteiger partial charge in [-0.1, -0.05) is 13.8 Å². The van der Waals surface area contributed by atoms with Crippen LogP contribution < -0.4 is 0 Å². The van der Waals surface area contributed by atoms with Crippen molar-refractivity contribution in [3.63, 3.8) is 0 Å². The van der Waals surface area contributed by atoms with Crippen LogP contribution in [0.2, 0.25) is 0 Å². The van der Waals surface area contributed by atoms with E-state index >= 15 is 0 Å². The van der Waals surface area contributed by atoms with Crippen molar-refractivity contribution in [2.45, 2.75) is 19.2 Å². The van der Waals surface area contributed by atoms with Crippen molar-refractivity contribution < 1.29 is 0 Å². The minimum Gasteiger partial charge on any atom is -0.146 e. The van der Waals surface area contributed by atoms with Crippen LogP contribution in [0.5, 0.6) is 0 Å². The van der Waals surface area contributed by atoms with Crippen molar-refractivity contribution >= 4 is 38.9 Å². The zero-order chi connectivity index (χ0) is 8.43. The molecule has 0 radical (unpaired) electrons. The molecule has 0 amide bonds. The first-order valence-electron chi connectivity index (χ1n) is 3.50. The lowest BCUT2D eigenvalue weighted by molar-refractivity contribution is 0.630. The summed E-state index contributed by atoms with van der Waals surface area (Å²) in [7, 11) is 0. The van der Waals surface area contributed by atoms with E-state index in [0.29, 0.717) is 5.92 Å².